The highest BCUT2D eigenvalue weighted by Crippen LogP contribution is 2.39. The van der Waals surface area contributed by atoms with Crippen LogP contribution in [0.1, 0.15) is 5.56 Å². The maximum Gasteiger partial charge on any atom is 0.241 e. The molecule has 26 heavy (non-hydrogen) atoms. The normalized spacial score (nSPS) is 12.7. The summed E-state index contributed by atoms with van der Waals surface area (Å²) < 4.78 is 7.55. The van der Waals surface area contributed by atoms with Gasteiger partial charge in [-0.2, -0.15) is 0 Å². The lowest BCUT2D eigenvalue weighted by atomic mass is 10.1. The Morgan fingerprint density at radius 3 is 3.00 bits per heavy atom. The van der Waals surface area contributed by atoms with Gasteiger partial charge in [-0.25, -0.2) is 4.98 Å². The van der Waals surface area contributed by atoms with Gasteiger partial charge in [-0.05, 0) is 24.3 Å². The molecular weight excluding hydrogens is 352 g/mol. The molecule has 0 aliphatic carbocycles. The Kier molecular flexibility index (Phi) is 4.20. The van der Waals surface area contributed by atoms with Crippen molar-refractivity contribution in [2.24, 2.45) is 0 Å². The molecule has 1 aliphatic rings. The number of likely N-dealkylation sites (N-methyl/N-ethyl adjacent to an activating group) is 1. The second-order valence-corrected chi connectivity index (χ2v) is 6.85. The molecule has 1 aliphatic heterocycles. The van der Waals surface area contributed by atoms with E-state index in [0.717, 1.165) is 34.3 Å². The van der Waals surface area contributed by atoms with Gasteiger partial charge in [0.05, 0.1) is 22.8 Å². The van der Waals surface area contributed by atoms with E-state index in [1.54, 1.807) is 25.2 Å². The Morgan fingerprint density at radius 2 is 2.19 bits per heavy atom. The Balaban J connectivity index is 1.72. The molecule has 0 saturated heterocycles. The van der Waals surface area contributed by atoms with E-state index in [9.17, 15) is 4.79 Å². The standard InChI is InChI=1S/C19H19ClN4O2/c1-23(2)17(25)11-24-9-6-12-15(24)5-8-21-19(12)22-18-13-7-10-26-16(13)4-3-14(18)20/h3-6,8-9H,7,10-11H2,1-2H3,(H,21,22). The van der Waals surface area contributed by atoms with E-state index in [4.69, 9.17) is 16.3 Å². The Morgan fingerprint density at radius 1 is 1.35 bits per heavy atom. The van der Waals surface area contributed by atoms with E-state index in [2.05, 4.69) is 10.3 Å². The van der Waals surface area contributed by atoms with Gasteiger partial charge in [0.25, 0.3) is 0 Å². The van der Waals surface area contributed by atoms with Crippen LogP contribution in [0.3, 0.4) is 0 Å². The molecule has 0 unspecified atom stereocenters. The number of carbonyl (C=O) groups is 1. The summed E-state index contributed by atoms with van der Waals surface area (Å²) in [4.78, 5) is 18.1. The maximum atomic E-state index is 12.0. The third kappa shape index (κ3) is 2.86. The number of nitrogens with one attached hydrogen (secondary N) is 1. The topological polar surface area (TPSA) is 59.4 Å². The van der Waals surface area contributed by atoms with Crippen LogP contribution in [0, 0.1) is 0 Å². The number of pyridine rings is 1. The third-order valence-electron chi connectivity index (χ3n) is 4.57. The van der Waals surface area contributed by atoms with Crippen LogP contribution in [0.5, 0.6) is 5.75 Å². The maximum absolute atomic E-state index is 12.0. The highest BCUT2D eigenvalue weighted by atomic mass is 35.5. The van der Waals surface area contributed by atoms with E-state index >= 15 is 0 Å². The van der Waals surface area contributed by atoms with Gasteiger partial charge in [-0.15, -0.1) is 0 Å². The summed E-state index contributed by atoms with van der Waals surface area (Å²) in [6.45, 7) is 0.945. The van der Waals surface area contributed by atoms with Gasteiger partial charge < -0.3 is 19.5 Å². The summed E-state index contributed by atoms with van der Waals surface area (Å²) in [6.07, 6.45) is 4.44. The number of hydrogen-bond donors (Lipinski definition) is 1. The lowest BCUT2D eigenvalue weighted by Crippen LogP contribution is -2.25. The number of fused-ring (bicyclic) bond motifs is 2. The van der Waals surface area contributed by atoms with Gasteiger partial charge in [-0.1, -0.05) is 11.6 Å². The minimum atomic E-state index is 0.0369. The lowest BCUT2D eigenvalue weighted by molar-refractivity contribution is -0.129. The van der Waals surface area contributed by atoms with Crippen LogP contribution in [0.25, 0.3) is 10.9 Å². The summed E-state index contributed by atoms with van der Waals surface area (Å²) in [5.41, 5.74) is 2.84. The molecule has 7 heteroatoms. The van der Waals surface area contributed by atoms with Gasteiger partial charge in [0, 0.05) is 43.9 Å². The second-order valence-electron chi connectivity index (χ2n) is 6.45. The van der Waals surface area contributed by atoms with Gasteiger partial charge in [0.15, 0.2) is 0 Å². The Bertz CT molecular complexity index is 997. The number of aromatic nitrogens is 2. The molecule has 0 bridgehead atoms. The number of halogens is 1. The number of amides is 1. The van der Waals surface area contributed by atoms with Crippen LogP contribution in [0.4, 0.5) is 11.5 Å². The molecule has 0 spiro atoms. The highest BCUT2D eigenvalue weighted by Gasteiger charge is 2.20. The van der Waals surface area contributed by atoms with Gasteiger partial charge in [-0.3, -0.25) is 4.79 Å². The molecule has 0 atom stereocenters. The molecule has 3 heterocycles. The molecule has 134 valence electrons. The van der Waals surface area contributed by atoms with Crippen LogP contribution < -0.4 is 10.1 Å². The molecule has 0 radical (unpaired) electrons. The minimum Gasteiger partial charge on any atom is -0.493 e. The van der Waals surface area contributed by atoms with Crippen molar-refractivity contribution in [3.8, 4) is 5.75 Å². The first-order valence-electron chi connectivity index (χ1n) is 8.40. The zero-order chi connectivity index (χ0) is 18.3. The third-order valence-corrected chi connectivity index (χ3v) is 4.89. The van der Waals surface area contributed by atoms with Crippen LogP contribution >= 0.6 is 11.6 Å². The summed E-state index contributed by atoms with van der Waals surface area (Å²) in [5, 5.41) is 4.94. The van der Waals surface area contributed by atoms with E-state index in [-0.39, 0.29) is 12.5 Å². The zero-order valence-electron chi connectivity index (χ0n) is 14.6. The average molecular weight is 371 g/mol. The molecule has 1 amide bonds. The first kappa shape index (κ1) is 16.7. The fraction of sp³-hybridized carbons (Fsp3) is 0.263. The number of anilines is 2. The molecule has 3 aromatic rings. The molecule has 0 saturated carbocycles. The molecular formula is C19H19ClN4O2. The molecule has 4 rings (SSSR count). The fourth-order valence-corrected chi connectivity index (χ4v) is 3.37. The number of benzene rings is 1. The Labute approximate surface area is 156 Å². The highest BCUT2D eigenvalue weighted by molar-refractivity contribution is 6.33. The predicted octanol–water partition coefficient (Wildman–Crippen LogP) is 3.46. The summed E-state index contributed by atoms with van der Waals surface area (Å²) >= 11 is 6.42. The van der Waals surface area contributed by atoms with Gasteiger partial charge in [0.2, 0.25) is 5.91 Å². The number of nitrogens with zero attached hydrogens (tertiary/aromatic N) is 3. The van der Waals surface area contributed by atoms with Crippen molar-refractivity contribution in [2.75, 3.05) is 26.0 Å². The number of carbonyl (C=O) groups excluding carboxylic acids is 1. The zero-order valence-corrected chi connectivity index (χ0v) is 15.4. The van der Waals surface area contributed by atoms with E-state index in [0.29, 0.717) is 17.4 Å². The monoisotopic (exact) mass is 370 g/mol. The number of ether oxygens (including phenoxy) is 1. The summed E-state index contributed by atoms with van der Waals surface area (Å²) in [5.74, 6) is 1.61. The number of hydrogen-bond acceptors (Lipinski definition) is 4. The first-order valence-corrected chi connectivity index (χ1v) is 8.77. The summed E-state index contributed by atoms with van der Waals surface area (Å²) in [7, 11) is 3.51. The second kappa shape index (κ2) is 6.53. The van der Waals surface area contributed by atoms with E-state index in [1.165, 1.54) is 0 Å². The molecule has 6 nitrogen and oxygen atoms in total. The first-order chi connectivity index (χ1) is 12.5. The van der Waals surface area contributed by atoms with Crippen LogP contribution in [-0.2, 0) is 17.8 Å². The van der Waals surface area contributed by atoms with Gasteiger partial charge in [0.1, 0.15) is 18.1 Å². The van der Waals surface area contributed by atoms with E-state index in [1.807, 2.05) is 35.0 Å². The van der Waals surface area contributed by atoms with Crippen molar-refractivity contribution in [1.29, 1.82) is 0 Å². The van der Waals surface area contributed by atoms with Crippen molar-refractivity contribution < 1.29 is 9.53 Å². The molecule has 0 fully saturated rings. The van der Waals surface area contributed by atoms with Crippen molar-refractivity contribution in [3.63, 3.8) is 0 Å². The van der Waals surface area contributed by atoms with Crippen LogP contribution in [0.2, 0.25) is 5.02 Å². The van der Waals surface area contributed by atoms with Crippen LogP contribution in [0.15, 0.2) is 36.7 Å². The van der Waals surface area contributed by atoms with Crippen molar-refractivity contribution in [2.45, 2.75) is 13.0 Å². The number of rotatable bonds is 4. The molecule has 1 aromatic carbocycles. The smallest absolute Gasteiger partial charge is 0.241 e. The van der Waals surface area contributed by atoms with Crippen molar-refractivity contribution in [3.05, 3.63) is 47.2 Å². The average Bonchev–Trinajstić information content (AvgIpc) is 3.25. The largest absolute Gasteiger partial charge is 0.493 e. The lowest BCUT2D eigenvalue weighted by Gasteiger charge is -2.14. The molecule has 2 aromatic heterocycles. The fourth-order valence-electron chi connectivity index (χ4n) is 3.15. The summed E-state index contributed by atoms with van der Waals surface area (Å²) in [6, 6.07) is 7.59. The minimum absolute atomic E-state index is 0.0369. The van der Waals surface area contributed by atoms with Gasteiger partial charge >= 0.3 is 0 Å². The predicted molar refractivity (Wildman–Crippen MR) is 102 cm³/mol. The molecule has 1 N–H and O–H groups in total. The van der Waals surface area contributed by atoms with Crippen molar-refractivity contribution in [1.82, 2.24) is 14.5 Å². The van der Waals surface area contributed by atoms with Crippen molar-refractivity contribution >= 4 is 39.9 Å². The van der Waals surface area contributed by atoms with Crippen LogP contribution in [-0.4, -0.2) is 41.1 Å². The quantitative estimate of drug-likeness (QED) is 0.764. The van der Waals surface area contributed by atoms with E-state index < -0.39 is 0 Å². The SMILES string of the molecule is CN(C)C(=O)Cn1ccc2c(Nc3c(Cl)ccc4c3CCO4)nccc21. The Hall–Kier alpha value is -2.73.